The third-order valence-corrected chi connectivity index (χ3v) is 2.95. The average molecular weight is 308 g/mol. The number of rotatable bonds is 5. The topological polar surface area (TPSA) is 77.3 Å². The summed E-state index contributed by atoms with van der Waals surface area (Å²) in [6.07, 6.45) is 0. The first-order valence-corrected chi connectivity index (χ1v) is 6.71. The summed E-state index contributed by atoms with van der Waals surface area (Å²) in [5, 5.41) is 14.3. The van der Waals surface area contributed by atoms with Gasteiger partial charge in [-0.2, -0.15) is 4.98 Å². The van der Waals surface area contributed by atoms with Crippen molar-refractivity contribution in [3.8, 4) is 11.6 Å². The summed E-state index contributed by atoms with van der Waals surface area (Å²) in [6, 6.07) is 7.90. The molecule has 6 nitrogen and oxygen atoms in total. The standard InChI is InChI=1S/C14H14ClN3O3/c1-3-16-13-7-10(18(19)20)8-14(17-13)21-12-5-4-9(2)6-11(12)15/h4-8H,3H2,1-2H3,(H,16,17). The van der Waals surface area contributed by atoms with Crippen molar-refractivity contribution in [2.75, 3.05) is 11.9 Å². The highest BCUT2D eigenvalue weighted by molar-refractivity contribution is 6.32. The number of aryl methyl sites for hydroxylation is 1. The Labute approximate surface area is 126 Å². The predicted molar refractivity (Wildman–Crippen MR) is 81.3 cm³/mol. The summed E-state index contributed by atoms with van der Waals surface area (Å²) >= 11 is 6.08. The van der Waals surface area contributed by atoms with Crippen molar-refractivity contribution in [2.45, 2.75) is 13.8 Å². The zero-order chi connectivity index (χ0) is 15.4. The van der Waals surface area contributed by atoms with Crippen molar-refractivity contribution in [1.82, 2.24) is 4.98 Å². The normalized spacial score (nSPS) is 10.2. The van der Waals surface area contributed by atoms with Crippen molar-refractivity contribution < 1.29 is 9.66 Å². The average Bonchev–Trinajstić information content (AvgIpc) is 2.42. The van der Waals surface area contributed by atoms with E-state index in [1.54, 1.807) is 12.1 Å². The summed E-state index contributed by atoms with van der Waals surface area (Å²) in [6.45, 7) is 4.38. The Hall–Kier alpha value is -2.34. The SMILES string of the molecule is CCNc1cc([N+](=O)[O-])cc(Oc2ccc(C)cc2Cl)n1. The van der Waals surface area contributed by atoms with Crippen LogP contribution in [0.1, 0.15) is 12.5 Å². The summed E-state index contributed by atoms with van der Waals surface area (Å²) in [5.74, 6) is 0.897. The van der Waals surface area contributed by atoms with Crippen LogP contribution in [0.4, 0.5) is 11.5 Å². The first-order valence-electron chi connectivity index (χ1n) is 6.34. The van der Waals surface area contributed by atoms with Crippen LogP contribution >= 0.6 is 11.6 Å². The Morgan fingerprint density at radius 3 is 2.76 bits per heavy atom. The molecule has 21 heavy (non-hydrogen) atoms. The fourth-order valence-corrected chi connectivity index (χ4v) is 2.00. The Balaban J connectivity index is 2.36. The monoisotopic (exact) mass is 307 g/mol. The molecule has 110 valence electrons. The third kappa shape index (κ3) is 3.82. The van der Waals surface area contributed by atoms with Crippen molar-refractivity contribution in [1.29, 1.82) is 0 Å². The largest absolute Gasteiger partial charge is 0.437 e. The molecule has 0 aliphatic carbocycles. The smallest absolute Gasteiger partial charge is 0.278 e. The highest BCUT2D eigenvalue weighted by Gasteiger charge is 2.13. The van der Waals surface area contributed by atoms with Crippen LogP contribution in [0.25, 0.3) is 0 Å². The molecule has 0 spiro atoms. The van der Waals surface area contributed by atoms with Gasteiger partial charge in [-0.15, -0.1) is 0 Å². The van der Waals surface area contributed by atoms with Crippen molar-refractivity contribution in [3.63, 3.8) is 0 Å². The van der Waals surface area contributed by atoms with Crippen LogP contribution in [0, 0.1) is 17.0 Å². The molecule has 0 aliphatic heterocycles. The number of benzene rings is 1. The number of hydrogen-bond donors (Lipinski definition) is 1. The third-order valence-electron chi connectivity index (χ3n) is 2.66. The molecule has 0 bridgehead atoms. The summed E-state index contributed by atoms with van der Waals surface area (Å²) in [7, 11) is 0. The van der Waals surface area contributed by atoms with Crippen LogP contribution in [0.15, 0.2) is 30.3 Å². The molecule has 0 atom stereocenters. The number of nitrogens with zero attached hydrogens (tertiary/aromatic N) is 2. The van der Waals surface area contributed by atoms with Gasteiger partial charge in [-0.25, -0.2) is 0 Å². The number of nitrogens with one attached hydrogen (secondary N) is 1. The van der Waals surface area contributed by atoms with E-state index in [1.165, 1.54) is 12.1 Å². The highest BCUT2D eigenvalue weighted by atomic mass is 35.5. The van der Waals surface area contributed by atoms with E-state index in [-0.39, 0.29) is 11.6 Å². The summed E-state index contributed by atoms with van der Waals surface area (Å²) in [4.78, 5) is 14.6. The van der Waals surface area contributed by atoms with E-state index in [1.807, 2.05) is 19.9 Å². The Bertz CT molecular complexity index is 677. The lowest BCUT2D eigenvalue weighted by Gasteiger charge is -2.09. The van der Waals surface area contributed by atoms with Gasteiger partial charge in [-0.3, -0.25) is 10.1 Å². The molecule has 7 heteroatoms. The van der Waals surface area contributed by atoms with E-state index < -0.39 is 4.92 Å². The van der Waals surface area contributed by atoms with Gasteiger partial charge in [-0.1, -0.05) is 17.7 Å². The van der Waals surface area contributed by atoms with Gasteiger partial charge in [0.25, 0.3) is 5.69 Å². The molecular formula is C14H14ClN3O3. The van der Waals surface area contributed by atoms with E-state index in [9.17, 15) is 10.1 Å². The minimum Gasteiger partial charge on any atom is -0.437 e. The van der Waals surface area contributed by atoms with Gasteiger partial charge in [0.15, 0.2) is 0 Å². The molecular weight excluding hydrogens is 294 g/mol. The number of pyridine rings is 1. The van der Waals surface area contributed by atoms with Crippen LogP contribution in [0.5, 0.6) is 11.6 Å². The predicted octanol–water partition coefficient (Wildman–Crippen LogP) is 4.18. The number of hydrogen-bond acceptors (Lipinski definition) is 5. The number of ether oxygens (including phenoxy) is 1. The van der Waals surface area contributed by atoms with E-state index in [0.29, 0.717) is 23.1 Å². The van der Waals surface area contributed by atoms with Crippen LogP contribution in [-0.2, 0) is 0 Å². The van der Waals surface area contributed by atoms with Crippen molar-refractivity contribution in [3.05, 3.63) is 51.0 Å². The Morgan fingerprint density at radius 1 is 1.38 bits per heavy atom. The number of halogens is 1. The highest BCUT2D eigenvalue weighted by Crippen LogP contribution is 2.31. The minimum atomic E-state index is -0.494. The second-order valence-electron chi connectivity index (χ2n) is 4.37. The molecule has 0 unspecified atom stereocenters. The molecule has 0 amide bonds. The van der Waals surface area contributed by atoms with Gasteiger partial charge in [-0.05, 0) is 31.5 Å². The van der Waals surface area contributed by atoms with Crippen LogP contribution in [-0.4, -0.2) is 16.5 Å². The van der Waals surface area contributed by atoms with E-state index >= 15 is 0 Å². The first kappa shape index (κ1) is 15.1. The lowest BCUT2D eigenvalue weighted by Crippen LogP contribution is -2.02. The van der Waals surface area contributed by atoms with Crippen molar-refractivity contribution in [2.24, 2.45) is 0 Å². The van der Waals surface area contributed by atoms with E-state index in [2.05, 4.69) is 10.3 Å². The lowest BCUT2D eigenvalue weighted by molar-refractivity contribution is -0.384. The molecule has 1 aromatic heterocycles. The molecule has 2 rings (SSSR count). The quantitative estimate of drug-likeness (QED) is 0.662. The molecule has 0 saturated heterocycles. The maximum Gasteiger partial charge on any atom is 0.278 e. The molecule has 0 fully saturated rings. The molecule has 2 aromatic rings. The van der Waals surface area contributed by atoms with Crippen molar-refractivity contribution >= 4 is 23.1 Å². The lowest BCUT2D eigenvalue weighted by atomic mass is 10.2. The zero-order valence-corrected chi connectivity index (χ0v) is 12.3. The number of aromatic nitrogens is 1. The van der Waals surface area contributed by atoms with Gasteiger partial charge in [0, 0.05) is 6.54 Å². The molecule has 0 radical (unpaired) electrons. The van der Waals surface area contributed by atoms with Gasteiger partial charge < -0.3 is 10.1 Å². The molecule has 1 N–H and O–H groups in total. The summed E-state index contributed by atoms with van der Waals surface area (Å²) < 4.78 is 5.55. The van der Waals surface area contributed by atoms with Crippen LogP contribution in [0.3, 0.4) is 0 Å². The number of nitro groups is 1. The van der Waals surface area contributed by atoms with Gasteiger partial charge in [0.1, 0.15) is 11.6 Å². The molecule has 1 heterocycles. The van der Waals surface area contributed by atoms with Gasteiger partial charge in [0.2, 0.25) is 5.88 Å². The second kappa shape index (κ2) is 6.41. The second-order valence-corrected chi connectivity index (χ2v) is 4.78. The van der Waals surface area contributed by atoms with Gasteiger partial charge in [0.05, 0.1) is 22.1 Å². The van der Waals surface area contributed by atoms with Crippen LogP contribution < -0.4 is 10.1 Å². The Kier molecular flexibility index (Phi) is 4.59. The first-order chi connectivity index (χ1) is 9.99. The molecule has 0 aliphatic rings. The van der Waals surface area contributed by atoms with E-state index in [4.69, 9.17) is 16.3 Å². The van der Waals surface area contributed by atoms with Gasteiger partial charge >= 0.3 is 0 Å². The maximum atomic E-state index is 10.9. The minimum absolute atomic E-state index is 0.0980. The fraction of sp³-hybridized carbons (Fsp3) is 0.214. The van der Waals surface area contributed by atoms with Crippen LogP contribution in [0.2, 0.25) is 5.02 Å². The maximum absolute atomic E-state index is 10.9. The molecule has 0 saturated carbocycles. The summed E-state index contributed by atoms with van der Waals surface area (Å²) in [5.41, 5.74) is 0.895. The number of anilines is 1. The fourth-order valence-electron chi connectivity index (χ4n) is 1.72. The molecule has 1 aromatic carbocycles. The zero-order valence-electron chi connectivity index (χ0n) is 11.6. The van der Waals surface area contributed by atoms with E-state index in [0.717, 1.165) is 5.56 Å². The Morgan fingerprint density at radius 2 is 2.14 bits per heavy atom.